The van der Waals surface area contributed by atoms with Gasteiger partial charge in [0.25, 0.3) is 17.5 Å². The normalized spacial score (nSPS) is 11.4. The molecule has 8 nitrogen and oxygen atoms in total. The Labute approximate surface area is 170 Å². The molecular formula is C17H11ClF2N6O2S. The third kappa shape index (κ3) is 3.78. The zero-order chi connectivity index (χ0) is 20.5. The van der Waals surface area contributed by atoms with E-state index in [1.54, 1.807) is 12.1 Å². The predicted molar refractivity (Wildman–Crippen MR) is 103 cm³/mol. The maximum Gasteiger partial charge on any atom is 0.286 e. The largest absolute Gasteiger partial charge is 0.324 e. The van der Waals surface area contributed by atoms with Crippen molar-refractivity contribution in [3.05, 3.63) is 79.7 Å². The van der Waals surface area contributed by atoms with E-state index >= 15 is 0 Å². The van der Waals surface area contributed by atoms with Crippen LogP contribution in [-0.4, -0.2) is 29.4 Å². The van der Waals surface area contributed by atoms with Crippen LogP contribution in [0.3, 0.4) is 0 Å². The minimum Gasteiger partial charge on any atom is -0.324 e. The van der Waals surface area contributed by atoms with Gasteiger partial charge in [-0.3, -0.25) is 9.59 Å². The summed E-state index contributed by atoms with van der Waals surface area (Å²) in [7, 11) is 0. The quantitative estimate of drug-likeness (QED) is 0.483. The molecule has 3 aromatic heterocycles. The molecule has 0 aliphatic carbocycles. The van der Waals surface area contributed by atoms with Crippen LogP contribution in [0.15, 0.2) is 57.6 Å². The Bertz CT molecular complexity index is 1280. The molecule has 1 N–H and O–H groups in total. The van der Waals surface area contributed by atoms with Gasteiger partial charge in [-0.25, -0.2) is 18.3 Å². The lowest BCUT2D eigenvalue weighted by atomic mass is 10.2. The second-order valence-electron chi connectivity index (χ2n) is 5.85. The van der Waals surface area contributed by atoms with Gasteiger partial charge in [0.15, 0.2) is 16.5 Å². The Morgan fingerprint density at radius 1 is 1.17 bits per heavy atom. The minimum atomic E-state index is -2.90. The van der Waals surface area contributed by atoms with Crippen molar-refractivity contribution in [2.45, 2.75) is 17.3 Å². The third-order valence-electron chi connectivity index (χ3n) is 3.96. The number of thioether (sulfide) groups is 1. The number of fused-ring (bicyclic) bond motifs is 1. The molecule has 0 saturated carbocycles. The average molecular weight is 437 g/mol. The van der Waals surface area contributed by atoms with Crippen molar-refractivity contribution >= 4 is 28.9 Å². The molecule has 1 aromatic carbocycles. The van der Waals surface area contributed by atoms with Gasteiger partial charge >= 0.3 is 0 Å². The first-order valence-electron chi connectivity index (χ1n) is 8.15. The van der Waals surface area contributed by atoms with Crippen LogP contribution in [0.2, 0.25) is 5.02 Å². The minimum absolute atomic E-state index is 0.0459. The Kier molecular flexibility index (Phi) is 5.16. The maximum absolute atomic E-state index is 13.3. The first-order valence-corrected chi connectivity index (χ1v) is 9.52. The van der Waals surface area contributed by atoms with Crippen LogP contribution < -0.4 is 11.1 Å². The highest BCUT2D eigenvalue weighted by molar-refractivity contribution is 7.98. The number of nitrogens with one attached hydrogen (secondary N) is 1. The lowest BCUT2D eigenvalue weighted by Crippen LogP contribution is -2.26. The van der Waals surface area contributed by atoms with Crippen LogP contribution in [-0.2, 0) is 5.75 Å². The lowest BCUT2D eigenvalue weighted by molar-refractivity contribution is 0.153. The van der Waals surface area contributed by atoms with E-state index in [1.807, 2.05) is 12.1 Å². The molecule has 0 amide bonds. The van der Waals surface area contributed by atoms with E-state index in [-0.39, 0.29) is 16.5 Å². The molecule has 0 spiro atoms. The van der Waals surface area contributed by atoms with Gasteiger partial charge in [0.05, 0.1) is 18.0 Å². The van der Waals surface area contributed by atoms with Crippen molar-refractivity contribution in [1.29, 1.82) is 0 Å². The van der Waals surface area contributed by atoms with Crippen molar-refractivity contribution in [2.24, 2.45) is 0 Å². The highest BCUT2D eigenvalue weighted by Crippen LogP contribution is 2.25. The molecule has 0 unspecified atom stereocenters. The monoisotopic (exact) mass is 436 g/mol. The van der Waals surface area contributed by atoms with Gasteiger partial charge in [-0.15, -0.1) is 9.73 Å². The van der Waals surface area contributed by atoms with Crippen molar-refractivity contribution in [3.8, 4) is 5.82 Å². The summed E-state index contributed by atoms with van der Waals surface area (Å²) < 4.78 is 28.5. The number of halogens is 3. The number of H-pyrrole nitrogens is 1. The SMILES string of the molecule is O=c1cnc(-n2c(SCc3ccc(Cl)cc3)nn3ncc(C(F)F)c3c2=O)c[nH]1. The molecule has 0 aliphatic rings. The highest BCUT2D eigenvalue weighted by Gasteiger charge is 2.22. The van der Waals surface area contributed by atoms with Gasteiger partial charge in [0, 0.05) is 17.0 Å². The molecule has 148 valence electrons. The molecule has 29 heavy (non-hydrogen) atoms. The van der Waals surface area contributed by atoms with Crippen molar-refractivity contribution in [1.82, 2.24) is 29.4 Å². The number of hydrogen-bond acceptors (Lipinski definition) is 6. The molecule has 3 heterocycles. The number of alkyl halides is 2. The van der Waals surface area contributed by atoms with E-state index < -0.39 is 23.1 Å². The first kappa shape index (κ1) is 19.3. The molecule has 4 rings (SSSR count). The van der Waals surface area contributed by atoms with Gasteiger partial charge in [-0.05, 0) is 17.7 Å². The number of hydrogen-bond donors (Lipinski definition) is 1. The summed E-state index contributed by atoms with van der Waals surface area (Å²) in [4.78, 5) is 30.7. The molecule has 12 heteroatoms. The van der Waals surface area contributed by atoms with Crippen LogP contribution in [0.25, 0.3) is 11.3 Å². The fourth-order valence-electron chi connectivity index (χ4n) is 2.60. The van der Waals surface area contributed by atoms with E-state index in [9.17, 15) is 18.4 Å². The standard InChI is InChI=1S/C17H11ClF2N6O2S/c18-10-3-1-9(2-4-10)8-29-17-24-26-14(11(5-23-26)15(19)20)16(28)25(17)12-6-22-13(27)7-21-12/h1-7,15H,8H2,(H,22,27). The number of benzene rings is 1. The van der Waals surface area contributed by atoms with E-state index in [1.165, 1.54) is 18.0 Å². The Hall–Kier alpha value is -3.05. The van der Waals surface area contributed by atoms with E-state index in [2.05, 4.69) is 20.2 Å². The first-order chi connectivity index (χ1) is 13.9. The Balaban J connectivity index is 1.86. The van der Waals surface area contributed by atoms with Crippen LogP contribution in [0.1, 0.15) is 17.6 Å². The number of nitrogens with zero attached hydrogens (tertiary/aromatic N) is 5. The topological polar surface area (TPSA) is 97.9 Å². The lowest BCUT2D eigenvalue weighted by Gasteiger charge is -2.11. The fourth-order valence-corrected chi connectivity index (χ4v) is 3.65. The molecule has 0 saturated heterocycles. The Morgan fingerprint density at radius 2 is 1.93 bits per heavy atom. The second-order valence-corrected chi connectivity index (χ2v) is 7.23. The molecular weight excluding hydrogens is 426 g/mol. The summed E-state index contributed by atoms with van der Waals surface area (Å²) in [5, 5.41) is 8.74. The van der Waals surface area contributed by atoms with Crippen molar-refractivity contribution in [3.63, 3.8) is 0 Å². The van der Waals surface area contributed by atoms with Gasteiger partial charge in [-0.2, -0.15) is 5.10 Å². The number of rotatable bonds is 5. The molecule has 0 aliphatic heterocycles. The summed E-state index contributed by atoms with van der Waals surface area (Å²) in [5.41, 5.74) is -1.22. The summed E-state index contributed by atoms with van der Waals surface area (Å²) >= 11 is 7.07. The molecule has 0 bridgehead atoms. The van der Waals surface area contributed by atoms with Gasteiger partial charge in [0.1, 0.15) is 0 Å². The smallest absolute Gasteiger partial charge is 0.286 e. The highest BCUT2D eigenvalue weighted by atomic mass is 35.5. The van der Waals surface area contributed by atoms with Crippen molar-refractivity contribution in [2.75, 3.05) is 0 Å². The summed E-state index contributed by atoms with van der Waals surface area (Å²) in [6.45, 7) is 0. The maximum atomic E-state index is 13.3. The summed E-state index contributed by atoms with van der Waals surface area (Å²) in [6, 6.07) is 7.09. The second kappa shape index (κ2) is 7.76. The zero-order valence-electron chi connectivity index (χ0n) is 14.4. The van der Waals surface area contributed by atoms with E-state index in [0.29, 0.717) is 10.8 Å². The molecule has 4 aromatic rings. The van der Waals surface area contributed by atoms with Crippen LogP contribution >= 0.6 is 23.4 Å². The van der Waals surface area contributed by atoms with E-state index in [4.69, 9.17) is 11.6 Å². The summed E-state index contributed by atoms with van der Waals surface area (Å²) in [6.07, 6.45) is 0.218. The molecule has 0 radical (unpaired) electrons. The summed E-state index contributed by atoms with van der Waals surface area (Å²) in [5.74, 6) is 0.464. The van der Waals surface area contributed by atoms with Crippen molar-refractivity contribution < 1.29 is 8.78 Å². The van der Waals surface area contributed by atoms with Crippen LogP contribution in [0.4, 0.5) is 8.78 Å². The Morgan fingerprint density at radius 3 is 2.59 bits per heavy atom. The average Bonchev–Trinajstić information content (AvgIpc) is 3.13. The van der Waals surface area contributed by atoms with Gasteiger partial charge in [0.2, 0.25) is 0 Å². The number of aromatic nitrogens is 6. The van der Waals surface area contributed by atoms with E-state index in [0.717, 1.165) is 27.2 Å². The fraction of sp³-hybridized carbons (Fsp3) is 0.118. The van der Waals surface area contributed by atoms with Gasteiger partial charge < -0.3 is 4.98 Å². The third-order valence-corrected chi connectivity index (χ3v) is 5.21. The zero-order valence-corrected chi connectivity index (χ0v) is 16.0. The van der Waals surface area contributed by atoms with Crippen LogP contribution in [0.5, 0.6) is 0 Å². The number of aromatic amines is 1. The molecule has 0 atom stereocenters. The van der Waals surface area contributed by atoms with Gasteiger partial charge in [-0.1, -0.05) is 35.5 Å². The molecule has 0 fully saturated rings. The van der Waals surface area contributed by atoms with Crippen LogP contribution in [0, 0.1) is 0 Å². The predicted octanol–water partition coefficient (Wildman–Crippen LogP) is 2.85.